The molecule has 0 saturated carbocycles. The van der Waals surface area contributed by atoms with Crippen molar-refractivity contribution < 1.29 is 22.7 Å². The van der Waals surface area contributed by atoms with E-state index < -0.39 is 15.8 Å². The molecule has 0 atom stereocenters. The molecule has 8 heteroatoms. The van der Waals surface area contributed by atoms with Crippen LogP contribution in [-0.4, -0.2) is 20.2 Å². The Bertz CT molecular complexity index is 1120. The van der Waals surface area contributed by atoms with Gasteiger partial charge in [0.15, 0.2) is 0 Å². The molecule has 1 aromatic heterocycles. The maximum Gasteiger partial charge on any atom is 0.265 e. The summed E-state index contributed by atoms with van der Waals surface area (Å²) >= 11 is 6.01. The number of rotatable bonds is 2. The highest BCUT2D eigenvalue weighted by Crippen LogP contribution is 2.36. The molecule has 25 heavy (non-hydrogen) atoms. The quantitative estimate of drug-likeness (QED) is 0.550. The minimum Gasteiger partial charge on any atom is -0.285 e. The van der Waals surface area contributed by atoms with Gasteiger partial charge in [-0.25, -0.2) is 8.42 Å². The lowest BCUT2D eigenvalue weighted by molar-refractivity contribution is -0.904. The molecule has 2 aromatic carbocycles. The van der Waals surface area contributed by atoms with Crippen LogP contribution in [0, 0.1) is 5.82 Å². The summed E-state index contributed by atoms with van der Waals surface area (Å²) in [6.07, 6.45) is 2.65. The van der Waals surface area contributed by atoms with Gasteiger partial charge in [-0.2, -0.15) is 4.39 Å². The molecule has 0 saturated heterocycles. The molecule has 128 valence electrons. The topological polar surface area (TPSA) is 61.5 Å². The predicted molar refractivity (Wildman–Crippen MR) is 91.0 cm³/mol. The summed E-state index contributed by atoms with van der Waals surface area (Å²) in [7, 11) is -3.99. The number of anilines is 1. The number of hydrogen-bond donors (Lipinski definition) is 1. The molecule has 0 aliphatic carbocycles. The smallest absolute Gasteiger partial charge is 0.265 e. The van der Waals surface area contributed by atoms with Crippen LogP contribution in [0.15, 0.2) is 53.7 Å². The number of fused-ring (bicyclic) bond motifs is 2. The summed E-state index contributed by atoms with van der Waals surface area (Å²) < 4.78 is 42.6. The highest BCUT2D eigenvalue weighted by atomic mass is 35.5. The molecule has 0 fully saturated rings. The van der Waals surface area contributed by atoms with Crippen LogP contribution < -0.4 is 9.04 Å². The van der Waals surface area contributed by atoms with E-state index in [0.717, 1.165) is 11.8 Å². The first-order valence-electron chi connectivity index (χ1n) is 7.52. The number of nitrogens with zero attached hydrogens (tertiary/aromatic N) is 2. The molecule has 1 N–H and O–H groups in total. The van der Waals surface area contributed by atoms with Gasteiger partial charge >= 0.3 is 0 Å². The molecule has 3 aromatic rings. The van der Waals surface area contributed by atoms with Gasteiger partial charge < -0.3 is 0 Å². The molecule has 1 aliphatic heterocycles. The Morgan fingerprint density at radius 2 is 2.00 bits per heavy atom. The fraction of sp³-hybridized carbons (Fsp3) is 0.118. The van der Waals surface area contributed by atoms with Crippen LogP contribution in [0.3, 0.4) is 0 Å². The number of pyridine rings is 1. The summed E-state index contributed by atoms with van der Waals surface area (Å²) in [4.78, 5) is -0.143. The van der Waals surface area contributed by atoms with Gasteiger partial charge in [-0.3, -0.25) is 9.51 Å². The molecule has 0 unspecified atom stereocenters. The second-order valence-corrected chi connectivity index (χ2v) is 8.07. The average Bonchev–Trinajstić information content (AvgIpc) is 2.97. The maximum absolute atomic E-state index is 14.4. The van der Waals surface area contributed by atoms with Gasteiger partial charge in [0.2, 0.25) is 12.0 Å². The van der Waals surface area contributed by atoms with Crippen LogP contribution in [0.1, 0.15) is 5.56 Å². The number of hydrogen-bond acceptors (Lipinski definition) is 3. The molecule has 2 heterocycles. The Balaban J connectivity index is 1.94. The van der Waals surface area contributed by atoms with Crippen molar-refractivity contribution in [1.82, 2.24) is 0 Å². The zero-order valence-corrected chi connectivity index (χ0v) is 14.4. The van der Waals surface area contributed by atoms with Gasteiger partial charge in [0.05, 0.1) is 21.4 Å². The molecule has 0 spiro atoms. The van der Waals surface area contributed by atoms with Gasteiger partial charge in [0.25, 0.3) is 16.2 Å². The van der Waals surface area contributed by atoms with Crippen LogP contribution in [0.25, 0.3) is 10.8 Å². The highest BCUT2D eigenvalue weighted by Gasteiger charge is 2.33. The van der Waals surface area contributed by atoms with Crippen LogP contribution in [0.2, 0.25) is 5.02 Å². The number of halogens is 2. The highest BCUT2D eigenvalue weighted by molar-refractivity contribution is 7.93. The van der Waals surface area contributed by atoms with E-state index >= 15 is 0 Å². The Hall–Kier alpha value is -2.38. The second kappa shape index (κ2) is 5.57. The first-order chi connectivity index (χ1) is 11.9. The zero-order valence-electron chi connectivity index (χ0n) is 12.9. The van der Waals surface area contributed by atoms with Crippen molar-refractivity contribution in [2.24, 2.45) is 0 Å². The standard InChI is InChI=1S/C17H13ClFN2O3S/c18-13-5-4-11-6-7-21(15(11)8-13)25(23,24)16-3-1-2-12-9-20(22)10-14(19)17(12)16/h1-5,8-10,22H,6-7H2/q+1. The molecule has 0 amide bonds. The second-order valence-electron chi connectivity index (χ2n) is 5.81. The van der Waals surface area contributed by atoms with Crippen molar-refractivity contribution in [3.8, 4) is 0 Å². The lowest BCUT2D eigenvalue weighted by atomic mass is 10.2. The zero-order chi connectivity index (χ0) is 17.8. The number of sulfonamides is 1. The first-order valence-corrected chi connectivity index (χ1v) is 9.34. The maximum atomic E-state index is 14.4. The largest absolute Gasteiger partial charge is 0.285 e. The van der Waals surface area contributed by atoms with Crippen molar-refractivity contribution in [1.29, 1.82) is 0 Å². The van der Waals surface area contributed by atoms with Gasteiger partial charge in [-0.15, -0.1) is 0 Å². The van der Waals surface area contributed by atoms with E-state index in [2.05, 4.69) is 0 Å². The Morgan fingerprint density at radius 1 is 1.20 bits per heavy atom. The van der Waals surface area contributed by atoms with Crippen molar-refractivity contribution in [2.45, 2.75) is 11.3 Å². The van der Waals surface area contributed by atoms with E-state index in [0.29, 0.717) is 21.9 Å². The number of aromatic nitrogens is 1. The first kappa shape index (κ1) is 16.1. The van der Waals surface area contributed by atoms with Crippen LogP contribution in [0.4, 0.5) is 10.1 Å². The van der Waals surface area contributed by atoms with Crippen molar-refractivity contribution in [2.75, 3.05) is 10.8 Å². The van der Waals surface area contributed by atoms with Crippen molar-refractivity contribution >= 4 is 38.1 Å². The average molecular weight is 380 g/mol. The Morgan fingerprint density at radius 3 is 2.80 bits per heavy atom. The molecular weight excluding hydrogens is 367 g/mol. The summed E-state index contributed by atoms with van der Waals surface area (Å²) in [5.74, 6) is -0.815. The van der Waals surface area contributed by atoms with Gasteiger partial charge in [-0.05, 0) is 36.2 Å². The van der Waals surface area contributed by atoms with E-state index in [-0.39, 0.29) is 22.2 Å². The van der Waals surface area contributed by atoms with Gasteiger partial charge in [-0.1, -0.05) is 23.7 Å². The fourth-order valence-corrected chi connectivity index (χ4v) is 5.07. The van der Waals surface area contributed by atoms with E-state index in [4.69, 9.17) is 11.6 Å². The van der Waals surface area contributed by atoms with Gasteiger partial charge in [0, 0.05) is 16.3 Å². The fourth-order valence-electron chi connectivity index (χ4n) is 3.18. The van der Waals surface area contributed by atoms with Crippen molar-refractivity contribution in [3.63, 3.8) is 0 Å². The van der Waals surface area contributed by atoms with E-state index in [1.54, 1.807) is 24.3 Å². The molecule has 0 radical (unpaired) electrons. The third kappa shape index (κ3) is 2.51. The predicted octanol–water partition coefficient (Wildman–Crippen LogP) is 2.91. The van der Waals surface area contributed by atoms with Crippen LogP contribution in [-0.2, 0) is 16.4 Å². The third-order valence-corrected chi connectivity index (χ3v) is 6.37. The summed E-state index contributed by atoms with van der Waals surface area (Å²) in [5, 5.41) is 10.1. The third-order valence-electron chi connectivity index (χ3n) is 4.28. The van der Waals surface area contributed by atoms with Crippen LogP contribution >= 0.6 is 11.6 Å². The monoisotopic (exact) mass is 379 g/mol. The summed E-state index contributed by atoms with van der Waals surface area (Å²) in [5.41, 5.74) is 1.39. The summed E-state index contributed by atoms with van der Waals surface area (Å²) in [6.45, 7) is 0.267. The SMILES string of the molecule is O=S(=O)(c1cccc2c[n+](O)cc(F)c12)N1CCc2ccc(Cl)cc21. The van der Waals surface area contributed by atoms with E-state index in [1.165, 1.54) is 22.6 Å². The summed E-state index contributed by atoms with van der Waals surface area (Å²) in [6, 6.07) is 9.54. The molecule has 5 nitrogen and oxygen atoms in total. The normalized spacial score (nSPS) is 14.1. The molecule has 1 aliphatic rings. The number of benzene rings is 2. The van der Waals surface area contributed by atoms with Crippen molar-refractivity contribution in [3.05, 3.63) is 65.2 Å². The Kier molecular flexibility index (Phi) is 3.59. The van der Waals surface area contributed by atoms with E-state index in [9.17, 15) is 18.0 Å². The molecular formula is C17H13ClFN2O3S+. The lowest BCUT2D eigenvalue weighted by Gasteiger charge is -2.20. The van der Waals surface area contributed by atoms with Crippen LogP contribution in [0.5, 0.6) is 0 Å². The minimum absolute atomic E-state index is 0.0525. The Labute approximate surface area is 148 Å². The van der Waals surface area contributed by atoms with Gasteiger partial charge in [0.1, 0.15) is 0 Å². The molecule has 0 bridgehead atoms. The lowest BCUT2D eigenvalue weighted by Crippen LogP contribution is -2.31. The molecule has 4 rings (SSSR count). The minimum atomic E-state index is -3.99. The van der Waals surface area contributed by atoms with E-state index in [1.807, 2.05) is 0 Å².